The molecule has 0 saturated heterocycles. The number of aromatic nitrogens is 2. The van der Waals surface area contributed by atoms with Crippen molar-refractivity contribution < 1.29 is 9.53 Å². The first-order chi connectivity index (χ1) is 9.58. The molecule has 2 aromatic rings. The van der Waals surface area contributed by atoms with E-state index >= 15 is 0 Å². The van der Waals surface area contributed by atoms with Crippen LogP contribution in [0.2, 0.25) is 0 Å². The molecule has 0 atom stereocenters. The van der Waals surface area contributed by atoms with Gasteiger partial charge in [0.2, 0.25) is 5.91 Å². The van der Waals surface area contributed by atoms with Gasteiger partial charge in [0.1, 0.15) is 12.3 Å². The summed E-state index contributed by atoms with van der Waals surface area (Å²) in [6.07, 6.45) is 1.36. The third-order valence-electron chi connectivity index (χ3n) is 2.68. The third kappa shape index (κ3) is 3.44. The maximum Gasteiger partial charge on any atom is 0.253 e. The van der Waals surface area contributed by atoms with E-state index in [2.05, 4.69) is 10.3 Å². The van der Waals surface area contributed by atoms with Gasteiger partial charge in [-0.1, -0.05) is 6.07 Å². The molecule has 0 radical (unpaired) electrons. The summed E-state index contributed by atoms with van der Waals surface area (Å²) in [6.45, 7) is 1.64. The van der Waals surface area contributed by atoms with Crippen molar-refractivity contribution in [2.24, 2.45) is 0 Å². The highest BCUT2D eigenvalue weighted by Crippen LogP contribution is 2.16. The molecule has 104 valence electrons. The van der Waals surface area contributed by atoms with Gasteiger partial charge in [0.25, 0.3) is 5.56 Å². The number of anilines is 1. The monoisotopic (exact) mass is 273 g/mol. The summed E-state index contributed by atoms with van der Waals surface area (Å²) in [5.41, 5.74) is 0.986. The molecule has 1 aromatic carbocycles. The minimum absolute atomic E-state index is 0.0800. The van der Waals surface area contributed by atoms with Crippen molar-refractivity contribution in [3.05, 3.63) is 52.7 Å². The predicted octanol–water partition coefficient (Wildman–Crippen LogP) is 1.20. The van der Waals surface area contributed by atoms with Crippen LogP contribution >= 0.6 is 0 Å². The van der Waals surface area contributed by atoms with Gasteiger partial charge >= 0.3 is 0 Å². The molecule has 1 amide bonds. The fourth-order valence-corrected chi connectivity index (χ4v) is 1.69. The predicted molar refractivity (Wildman–Crippen MR) is 74.9 cm³/mol. The molecule has 0 aliphatic heterocycles. The summed E-state index contributed by atoms with van der Waals surface area (Å²) >= 11 is 0. The van der Waals surface area contributed by atoms with Gasteiger partial charge in [-0.25, -0.2) is 4.98 Å². The van der Waals surface area contributed by atoms with Crippen molar-refractivity contribution >= 4 is 11.6 Å². The first kappa shape index (κ1) is 13.8. The van der Waals surface area contributed by atoms with Gasteiger partial charge < -0.3 is 10.1 Å². The van der Waals surface area contributed by atoms with Crippen LogP contribution in [-0.2, 0) is 11.3 Å². The third-order valence-corrected chi connectivity index (χ3v) is 2.68. The summed E-state index contributed by atoms with van der Waals surface area (Å²) in [7, 11) is 1.55. The lowest BCUT2D eigenvalue weighted by atomic mass is 10.3. The Hall–Kier alpha value is -2.63. The lowest BCUT2D eigenvalue weighted by molar-refractivity contribution is -0.116. The Morgan fingerprint density at radius 3 is 2.90 bits per heavy atom. The molecule has 6 nitrogen and oxygen atoms in total. The Morgan fingerprint density at radius 2 is 2.20 bits per heavy atom. The number of methoxy groups -OCH3 is 1. The Kier molecular flexibility index (Phi) is 4.14. The smallest absolute Gasteiger partial charge is 0.253 e. The van der Waals surface area contributed by atoms with Gasteiger partial charge in [-0.3, -0.25) is 14.2 Å². The van der Waals surface area contributed by atoms with Gasteiger partial charge in [-0.15, -0.1) is 0 Å². The molecule has 0 spiro atoms. The molecule has 0 saturated carbocycles. The Bertz CT molecular complexity index is 679. The quantitative estimate of drug-likeness (QED) is 0.908. The van der Waals surface area contributed by atoms with Crippen LogP contribution < -0.4 is 15.6 Å². The van der Waals surface area contributed by atoms with Crippen molar-refractivity contribution in [1.29, 1.82) is 0 Å². The van der Waals surface area contributed by atoms with Crippen LogP contribution in [0, 0.1) is 6.92 Å². The lowest BCUT2D eigenvalue weighted by Gasteiger charge is -2.08. The molecular weight excluding hydrogens is 258 g/mol. The second kappa shape index (κ2) is 6.01. The SMILES string of the molecule is COc1cccc(NC(=O)Cn2cnc(C)cc2=O)c1. The highest BCUT2D eigenvalue weighted by molar-refractivity contribution is 5.90. The number of carbonyl (C=O) groups is 1. The number of benzene rings is 1. The molecule has 1 heterocycles. The zero-order valence-corrected chi connectivity index (χ0v) is 11.3. The van der Waals surface area contributed by atoms with Crippen molar-refractivity contribution in [1.82, 2.24) is 9.55 Å². The van der Waals surface area contributed by atoms with Crippen LogP contribution in [0.4, 0.5) is 5.69 Å². The van der Waals surface area contributed by atoms with Gasteiger partial charge in [-0.05, 0) is 19.1 Å². The molecule has 2 rings (SSSR count). The van der Waals surface area contributed by atoms with E-state index in [-0.39, 0.29) is 18.0 Å². The second-order valence-corrected chi connectivity index (χ2v) is 4.28. The zero-order chi connectivity index (χ0) is 14.5. The van der Waals surface area contributed by atoms with Crippen molar-refractivity contribution in [3.8, 4) is 5.75 Å². The Morgan fingerprint density at radius 1 is 1.40 bits per heavy atom. The largest absolute Gasteiger partial charge is 0.497 e. The van der Waals surface area contributed by atoms with Crippen LogP contribution in [0.25, 0.3) is 0 Å². The van der Waals surface area contributed by atoms with Gasteiger partial charge in [0.05, 0.1) is 13.4 Å². The molecule has 20 heavy (non-hydrogen) atoms. The first-order valence-electron chi connectivity index (χ1n) is 6.05. The number of hydrogen-bond donors (Lipinski definition) is 1. The lowest BCUT2D eigenvalue weighted by Crippen LogP contribution is -2.27. The van der Waals surface area contributed by atoms with E-state index in [1.807, 2.05) is 0 Å². The standard InChI is InChI=1S/C14H15N3O3/c1-10-6-14(19)17(9-15-10)8-13(18)16-11-4-3-5-12(7-11)20-2/h3-7,9H,8H2,1-2H3,(H,16,18). The highest BCUT2D eigenvalue weighted by Gasteiger charge is 2.06. The minimum atomic E-state index is -0.300. The number of ether oxygens (including phenoxy) is 1. The number of hydrogen-bond acceptors (Lipinski definition) is 4. The maximum atomic E-state index is 11.9. The molecule has 0 fully saturated rings. The number of rotatable bonds is 4. The van der Waals surface area contributed by atoms with E-state index in [4.69, 9.17) is 4.74 Å². The average Bonchev–Trinajstić information content (AvgIpc) is 2.42. The molecular formula is C14H15N3O3. The van der Waals surface area contributed by atoms with Crippen molar-refractivity contribution in [2.75, 3.05) is 12.4 Å². The number of amides is 1. The summed E-state index contributed by atoms with van der Waals surface area (Å²) in [5.74, 6) is 0.350. The van der Waals surface area contributed by atoms with E-state index in [0.717, 1.165) is 0 Å². The second-order valence-electron chi connectivity index (χ2n) is 4.28. The van der Waals surface area contributed by atoms with Gasteiger partial charge in [0.15, 0.2) is 0 Å². The maximum absolute atomic E-state index is 11.9. The van der Waals surface area contributed by atoms with Crippen LogP contribution in [-0.4, -0.2) is 22.6 Å². The highest BCUT2D eigenvalue weighted by atomic mass is 16.5. The summed E-state index contributed by atoms with van der Waals surface area (Å²) in [6, 6.07) is 8.39. The summed E-state index contributed by atoms with van der Waals surface area (Å²) < 4.78 is 6.32. The van der Waals surface area contributed by atoms with Crippen molar-refractivity contribution in [2.45, 2.75) is 13.5 Å². The Balaban J connectivity index is 2.07. The van der Waals surface area contributed by atoms with E-state index < -0.39 is 0 Å². The fourth-order valence-electron chi connectivity index (χ4n) is 1.69. The van der Waals surface area contributed by atoms with E-state index in [0.29, 0.717) is 17.1 Å². The average molecular weight is 273 g/mol. The Labute approximate surface area is 116 Å². The van der Waals surface area contributed by atoms with Crippen LogP contribution in [0.15, 0.2) is 41.5 Å². The normalized spacial score (nSPS) is 10.1. The number of nitrogens with zero attached hydrogens (tertiary/aromatic N) is 2. The van der Waals surface area contributed by atoms with Gasteiger partial charge in [-0.2, -0.15) is 0 Å². The van der Waals surface area contributed by atoms with Crippen molar-refractivity contribution in [3.63, 3.8) is 0 Å². The van der Waals surface area contributed by atoms with E-state index in [1.165, 1.54) is 17.0 Å². The molecule has 0 aliphatic carbocycles. The molecule has 6 heteroatoms. The van der Waals surface area contributed by atoms with E-state index in [1.54, 1.807) is 38.3 Å². The first-order valence-corrected chi connectivity index (χ1v) is 6.05. The number of carbonyl (C=O) groups excluding carboxylic acids is 1. The fraction of sp³-hybridized carbons (Fsp3) is 0.214. The van der Waals surface area contributed by atoms with Crippen LogP contribution in [0.3, 0.4) is 0 Å². The molecule has 0 unspecified atom stereocenters. The number of nitrogens with one attached hydrogen (secondary N) is 1. The molecule has 0 aliphatic rings. The molecule has 1 aromatic heterocycles. The minimum Gasteiger partial charge on any atom is -0.497 e. The molecule has 1 N–H and O–H groups in total. The summed E-state index contributed by atoms with van der Waals surface area (Å²) in [4.78, 5) is 27.5. The molecule has 0 bridgehead atoms. The number of aryl methyl sites for hydroxylation is 1. The van der Waals surface area contributed by atoms with Crippen LogP contribution in [0.5, 0.6) is 5.75 Å². The van der Waals surface area contributed by atoms with Crippen LogP contribution in [0.1, 0.15) is 5.69 Å². The summed E-state index contributed by atoms with van der Waals surface area (Å²) in [5, 5.41) is 2.70. The van der Waals surface area contributed by atoms with E-state index in [9.17, 15) is 9.59 Å². The zero-order valence-electron chi connectivity index (χ0n) is 11.3. The topological polar surface area (TPSA) is 73.2 Å². The van der Waals surface area contributed by atoms with Gasteiger partial charge in [0, 0.05) is 23.5 Å².